The van der Waals surface area contributed by atoms with Gasteiger partial charge in [0.15, 0.2) is 6.29 Å². The van der Waals surface area contributed by atoms with Crippen molar-refractivity contribution in [2.45, 2.75) is 67.5 Å². The molecule has 0 amide bonds. The Balaban J connectivity index is 2.21. The molecule has 2 aliphatic rings. The number of azide groups is 2. The van der Waals surface area contributed by atoms with Gasteiger partial charge in [0.2, 0.25) is 0 Å². The van der Waals surface area contributed by atoms with Gasteiger partial charge in [0.1, 0.15) is 24.4 Å². The zero-order valence-corrected chi connectivity index (χ0v) is 13.5. The Kier molecular flexibility index (Phi) is 6.97. The summed E-state index contributed by atoms with van der Waals surface area (Å²) in [5, 5.41) is 56.2. The van der Waals surface area contributed by atoms with Crippen molar-refractivity contribution in [2.24, 2.45) is 16.0 Å². The summed E-state index contributed by atoms with van der Waals surface area (Å²) in [5.41, 5.74) is 23.0. The lowest BCUT2D eigenvalue weighted by atomic mass is 9.84. The van der Waals surface area contributed by atoms with Crippen molar-refractivity contribution in [3.63, 3.8) is 0 Å². The Labute approximate surface area is 147 Å². The first-order chi connectivity index (χ1) is 12.3. The third-order valence-corrected chi connectivity index (χ3v) is 4.56. The molecule has 1 aliphatic carbocycles. The molecule has 10 atom stereocenters. The largest absolute Gasteiger partial charge is 0.394 e. The number of hydrogen-bond donors (Lipinski definition) is 6. The predicted molar refractivity (Wildman–Crippen MR) is 83.1 cm³/mol. The molecule has 0 aromatic heterocycles. The van der Waals surface area contributed by atoms with Crippen LogP contribution in [-0.2, 0) is 9.47 Å². The zero-order valence-electron chi connectivity index (χ0n) is 13.5. The lowest BCUT2D eigenvalue weighted by molar-refractivity contribution is -0.293. The molecule has 2 rings (SSSR count). The zero-order chi connectivity index (χ0) is 19.4. The number of nitrogens with zero attached hydrogens (tertiary/aromatic N) is 6. The minimum Gasteiger partial charge on any atom is -0.394 e. The van der Waals surface area contributed by atoms with Crippen LogP contribution in [0.1, 0.15) is 6.42 Å². The monoisotopic (exact) mass is 375 g/mol. The van der Waals surface area contributed by atoms with Crippen molar-refractivity contribution in [3.8, 4) is 0 Å². The standard InChI is InChI=1S/C12H21N7O7/c13-6-9(23)8(22)5(2-20)25-12(6)26-11-4(17-19-15)1-3(16-18-14)7(21)10(11)24/h3-12,20-24H,1-2,13H2/t3-,4+,5-,6-,7+,8-,9-,10-,11-,12-/m1/s1. The van der Waals surface area contributed by atoms with Crippen LogP contribution in [0.2, 0.25) is 0 Å². The number of hydrogen-bond acceptors (Lipinski definition) is 10. The molecule has 26 heavy (non-hydrogen) atoms. The van der Waals surface area contributed by atoms with Gasteiger partial charge in [-0.25, -0.2) is 0 Å². The Morgan fingerprint density at radius 3 is 2.19 bits per heavy atom. The summed E-state index contributed by atoms with van der Waals surface area (Å²) in [7, 11) is 0. The maximum absolute atomic E-state index is 10.3. The first-order valence-corrected chi connectivity index (χ1v) is 7.83. The van der Waals surface area contributed by atoms with Gasteiger partial charge in [0, 0.05) is 9.82 Å². The predicted octanol–water partition coefficient (Wildman–Crippen LogP) is -2.38. The average molecular weight is 375 g/mol. The molecule has 7 N–H and O–H groups in total. The number of aliphatic hydroxyl groups excluding tert-OH is 5. The van der Waals surface area contributed by atoms with E-state index in [1.807, 2.05) is 0 Å². The van der Waals surface area contributed by atoms with Gasteiger partial charge < -0.3 is 40.7 Å². The molecule has 0 radical (unpaired) electrons. The van der Waals surface area contributed by atoms with E-state index >= 15 is 0 Å². The molecule has 1 aliphatic heterocycles. The quantitative estimate of drug-likeness (QED) is 0.172. The van der Waals surface area contributed by atoms with Crippen molar-refractivity contribution in [3.05, 3.63) is 20.9 Å². The topological polar surface area (TPSA) is 243 Å². The van der Waals surface area contributed by atoms with Gasteiger partial charge in [0.25, 0.3) is 0 Å². The highest BCUT2D eigenvalue weighted by Crippen LogP contribution is 2.31. The highest BCUT2D eigenvalue weighted by Gasteiger charge is 2.49. The third-order valence-electron chi connectivity index (χ3n) is 4.56. The second kappa shape index (κ2) is 8.79. The highest BCUT2D eigenvalue weighted by molar-refractivity contribution is 5.01. The van der Waals surface area contributed by atoms with Crippen molar-refractivity contribution in [2.75, 3.05) is 6.61 Å². The van der Waals surface area contributed by atoms with Crippen LogP contribution in [0.15, 0.2) is 10.2 Å². The van der Waals surface area contributed by atoms with Crippen LogP contribution < -0.4 is 5.73 Å². The van der Waals surface area contributed by atoms with Crippen molar-refractivity contribution in [1.29, 1.82) is 0 Å². The average Bonchev–Trinajstić information content (AvgIpc) is 2.63. The van der Waals surface area contributed by atoms with Gasteiger partial charge in [-0.2, -0.15) is 0 Å². The lowest BCUT2D eigenvalue weighted by Crippen LogP contribution is -2.65. The van der Waals surface area contributed by atoms with Crippen LogP contribution in [0.3, 0.4) is 0 Å². The van der Waals surface area contributed by atoms with E-state index in [1.54, 1.807) is 0 Å². The Morgan fingerprint density at radius 2 is 1.62 bits per heavy atom. The maximum Gasteiger partial charge on any atom is 0.176 e. The van der Waals surface area contributed by atoms with Crippen molar-refractivity contribution < 1.29 is 35.0 Å². The lowest BCUT2D eigenvalue weighted by Gasteiger charge is -2.45. The second-order valence-corrected chi connectivity index (χ2v) is 6.15. The van der Waals surface area contributed by atoms with Gasteiger partial charge >= 0.3 is 0 Å². The number of rotatable bonds is 5. The molecular weight excluding hydrogens is 354 g/mol. The molecule has 0 aromatic carbocycles. The van der Waals surface area contributed by atoms with Gasteiger partial charge in [-0.15, -0.1) is 0 Å². The number of nitrogens with two attached hydrogens (primary N) is 1. The molecule has 14 heteroatoms. The van der Waals surface area contributed by atoms with Crippen LogP contribution in [0.25, 0.3) is 20.9 Å². The van der Waals surface area contributed by atoms with Crippen LogP contribution in [0, 0.1) is 0 Å². The van der Waals surface area contributed by atoms with E-state index in [4.69, 9.17) is 26.3 Å². The maximum atomic E-state index is 10.3. The molecule has 0 unspecified atom stereocenters. The van der Waals surface area contributed by atoms with E-state index in [2.05, 4.69) is 20.1 Å². The van der Waals surface area contributed by atoms with Crippen molar-refractivity contribution >= 4 is 0 Å². The summed E-state index contributed by atoms with van der Waals surface area (Å²) in [4.78, 5) is 5.23. The molecule has 146 valence electrons. The fraction of sp³-hybridized carbons (Fsp3) is 1.00. The van der Waals surface area contributed by atoms with Crippen LogP contribution in [-0.4, -0.2) is 93.2 Å². The number of ether oxygens (including phenoxy) is 2. The van der Waals surface area contributed by atoms with Gasteiger partial charge in [-0.1, -0.05) is 10.2 Å². The molecule has 0 spiro atoms. The molecule has 1 heterocycles. The molecular formula is C12H21N7O7. The normalized spacial score (nSPS) is 46.1. The van der Waals surface area contributed by atoms with Crippen LogP contribution in [0.5, 0.6) is 0 Å². The smallest absolute Gasteiger partial charge is 0.176 e. The third kappa shape index (κ3) is 4.00. The Morgan fingerprint density at radius 1 is 1.00 bits per heavy atom. The highest BCUT2D eigenvalue weighted by atomic mass is 16.7. The summed E-state index contributed by atoms with van der Waals surface area (Å²) in [6.07, 6.45) is -9.98. The van der Waals surface area contributed by atoms with E-state index in [-0.39, 0.29) is 6.42 Å². The van der Waals surface area contributed by atoms with Gasteiger partial charge in [-0.3, -0.25) is 0 Å². The van der Waals surface area contributed by atoms with Crippen molar-refractivity contribution in [1.82, 2.24) is 0 Å². The summed E-state index contributed by atoms with van der Waals surface area (Å²) >= 11 is 0. The van der Waals surface area contributed by atoms with Gasteiger partial charge in [0.05, 0.1) is 36.9 Å². The molecule has 0 aromatic rings. The molecule has 1 saturated heterocycles. The minimum atomic E-state index is -1.61. The minimum absolute atomic E-state index is 0.104. The number of aliphatic hydroxyl groups is 5. The fourth-order valence-electron chi connectivity index (χ4n) is 3.08. The molecule has 0 bridgehead atoms. The van der Waals surface area contributed by atoms with E-state index in [0.29, 0.717) is 0 Å². The summed E-state index contributed by atoms with van der Waals surface area (Å²) in [6, 6.07) is -3.30. The van der Waals surface area contributed by atoms with E-state index < -0.39 is 67.6 Å². The first kappa shape index (κ1) is 20.6. The molecule has 2 fully saturated rings. The fourth-order valence-corrected chi connectivity index (χ4v) is 3.08. The van der Waals surface area contributed by atoms with Gasteiger partial charge in [-0.05, 0) is 17.5 Å². The Hall–Kier alpha value is -1.70. The summed E-state index contributed by atoms with van der Waals surface area (Å²) in [6.45, 7) is -0.626. The molecule has 1 saturated carbocycles. The van der Waals surface area contributed by atoms with E-state index in [9.17, 15) is 25.5 Å². The summed E-state index contributed by atoms with van der Waals surface area (Å²) < 4.78 is 10.8. The Bertz CT molecular complexity index is 582. The molecule has 14 nitrogen and oxygen atoms in total. The van der Waals surface area contributed by atoms with Crippen LogP contribution in [0.4, 0.5) is 0 Å². The second-order valence-electron chi connectivity index (χ2n) is 6.15. The van der Waals surface area contributed by atoms with E-state index in [1.165, 1.54) is 0 Å². The summed E-state index contributed by atoms with van der Waals surface area (Å²) in [5.74, 6) is 0. The SMILES string of the molecule is [N-]=[N+]=N[C@H]1C[C@@H](N=[N+]=[N-])[C@H](O)[C@@H](O)[C@@H]1O[C@H]1O[C@H](CO)[C@@H](O)[C@H](O)[C@H]1N. The van der Waals surface area contributed by atoms with E-state index in [0.717, 1.165) is 0 Å². The van der Waals surface area contributed by atoms with Crippen LogP contribution >= 0.6 is 0 Å². The first-order valence-electron chi connectivity index (χ1n) is 7.83.